The van der Waals surface area contributed by atoms with Crippen molar-refractivity contribution in [3.63, 3.8) is 0 Å². The van der Waals surface area contributed by atoms with Crippen molar-refractivity contribution in [2.24, 2.45) is 0 Å². The summed E-state index contributed by atoms with van der Waals surface area (Å²) in [6.07, 6.45) is -0.271. The van der Waals surface area contributed by atoms with Crippen LogP contribution in [0.4, 0.5) is 5.13 Å². The fraction of sp³-hybridized carbons (Fsp3) is 0.400. The van der Waals surface area contributed by atoms with Crippen LogP contribution in [0.5, 0.6) is 0 Å². The number of nitrogens with one attached hydrogen (secondary N) is 1. The molecule has 2 rings (SSSR count). The molecule has 1 amide bonds. The molecule has 0 atom stereocenters. The van der Waals surface area contributed by atoms with Crippen molar-refractivity contribution < 1.29 is 14.3 Å². The van der Waals surface area contributed by atoms with Crippen molar-refractivity contribution in [3.8, 4) is 0 Å². The van der Waals surface area contributed by atoms with E-state index in [0.29, 0.717) is 9.37 Å². The lowest BCUT2D eigenvalue weighted by Crippen LogP contribution is -2.26. The van der Waals surface area contributed by atoms with Crippen molar-refractivity contribution >= 4 is 51.9 Å². The van der Waals surface area contributed by atoms with Gasteiger partial charge in [0.15, 0.2) is 0 Å². The lowest BCUT2D eigenvalue weighted by Gasteiger charge is -2.19. The predicted molar refractivity (Wildman–Crippen MR) is 76.8 cm³/mol. The Morgan fingerprint density at radius 3 is 2.63 bits per heavy atom. The summed E-state index contributed by atoms with van der Waals surface area (Å²) in [5.41, 5.74) is 1.55. The van der Waals surface area contributed by atoms with Crippen molar-refractivity contribution in [2.75, 3.05) is 10.4 Å². The van der Waals surface area contributed by atoms with E-state index in [1.165, 1.54) is 40.4 Å². The topological polar surface area (TPSA) is 81.2 Å². The second kappa shape index (κ2) is 6.40. The van der Waals surface area contributed by atoms with Crippen molar-refractivity contribution in [1.29, 1.82) is 0 Å². The summed E-state index contributed by atoms with van der Waals surface area (Å²) in [6, 6.07) is 0. The van der Waals surface area contributed by atoms with Gasteiger partial charge in [-0.2, -0.15) is 0 Å². The average Bonchev–Trinajstić information content (AvgIpc) is 2.74. The van der Waals surface area contributed by atoms with Crippen LogP contribution in [0.2, 0.25) is 0 Å². The fourth-order valence-electron chi connectivity index (χ4n) is 1.19. The maximum Gasteiger partial charge on any atom is 0.345 e. The highest BCUT2D eigenvalue weighted by Crippen LogP contribution is 2.45. The number of nitrogens with zero attached hydrogens (tertiary/aromatic N) is 2. The molecule has 0 bridgehead atoms. The Kier molecular flexibility index (Phi) is 4.83. The first kappa shape index (κ1) is 14.4. The number of rotatable bonds is 4. The number of anilines is 1. The Labute approximate surface area is 122 Å². The molecule has 1 aromatic rings. The van der Waals surface area contributed by atoms with Gasteiger partial charge in [0, 0.05) is 5.08 Å². The van der Waals surface area contributed by atoms with E-state index in [1.54, 1.807) is 13.8 Å². The third kappa shape index (κ3) is 3.71. The number of ether oxygens (including phenoxy) is 1. The number of aromatic nitrogens is 2. The summed E-state index contributed by atoms with van der Waals surface area (Å²) in [7, 11) is 0. The third-order valence-electron chi connectivity index (χ3n) is 1.94. The molecule has 1 N–H and O–H groups in total. The molecule has 1 fully saturated rings. The van der Waals surface area contributed by atoms with Crippen LogP contribution in [-0.2, 0) is 14.3 Å². The van der Waals surface area contributed by atoms with Crippen LogP contribution < -0.4 is 5.32 Å². The molecule has 1 aliphatic heterocycles. The summed E-state index contributed by atoms with van der Waals surface area (Å²) in [4.78, 5) is 24.1. The molecule has 19 heavy (non-hydrogen) atoms. The number of hydrogen-bond donors (Lipinski definition) is 1. The Hall–Kier alpha value is -1.06. The summed E-state index contributed by atoms with van der Waals surface area (Å²) >= 11 is 4.11. The highest BCUT2D eigenvalue weighted by atomic mass is 32.3. The van der Waals surface area contributed by atoms with E-state index in [2.05, 4.69) is 15.5 Å². The molecule has 1 aliphatic rings. The van der Waals surface area contributed by atoms with Gasteiger partial charge >= 0.3 is 5.97 Å². The van der Waals surface area contributed by atoms with Crippen LogP contribution >= 0.6 is 34.9 Å². The first-order valence-electron chi connectivity index (χ1n) is 5.36. The minimum Gasteiger partial charge on any atom is -0.459 e. The minimum atomic E-state index is -0.605. The Balaban J connectivity index is 2.14. The molecule has 1 aromatic heterocycles. The highest BCUT2D eigenvalue weighted by molar-refractivity contribution is 8.37. The summed E-state index contributed by atoms with van der Waals surface area (Å²) < 4.78 is 5.78. The first-order chi connectivity index (χ1) is 9.08. The fourth-order valence-corrected chi connectivity index (χ4v) is 3.21. The summed E-state index contributed by atoms with van der Waals surface area (Å²) in [5, 5.41) is 11.1. The summed E-state index contributed by atoms with van der Waals surface area (Å²) in [6.45, 7) is 3.48. The van der Waals surface area contributed by atoms with Gasteiger partial charge in [-0.1, -0.05) is 11.3 Å². The number of hydrogen-bond acceptors (Lipinski definition) is 8. The van der Waals surface area contributed by atoms with E-state index < -0.39 is 11.9 Å². The van der Waals surface area contributed by atoms with E-state index in [9.17, 15) is 9.59 Å². The second-order valence-corrected chi connectivity index (χ2v) is 7.15. The molecule has 1 saturated heterocycles. The molecular weight excluding hydrogens is 306 g/mol. The molecule has 0 radical (unpaired) electrons. The standard InChI is InChI=1S/C10H11N3O3S3/c1-5(2)16-8(15)6(9-18-4-19-9)7(14)12-10-13-11-3-17-10/h3,5H,4H2,1-2H3,(H,12,13,14). The van der Waals surface area contributed by atoms with Gasteiger partial charge in [-0.3, -0.25) is 10.1 Å². The Bertz CT molecular complexity index is 507. The molecule has 9 heteroatoms. The van der Waals surface area contributed by atoms with Gasteiger partial charge in [0.1, 0.15) is 11.1 Å². The molecule has 0 aliphatic carbocycles. The van der Waals surface area contributed by atoms with Crippen LogP contribution in [-0.4, -0.2) is 33.3 Å². The van der Waals surface area contributed by atoms with Gasteiger partial charge in [-0.05, 0) is 13.8 Å². The third-order valence-corrected chi connectivity index (χ3v) is 5.13. The van der Waals surface area contributed by atoms with Crippen molar-refractivity contribution in [1.82, 2.24) is 10.2 Å². The highest BCUT2D eigenvalue weighted by Gasteiger charge is 2.30. The molecular formula is C10H11N3O3S3. The van der Waals surface area contributed by atoms with Gasteiger partial charge in [0.2, 0.25) is 5.13 Å². The molecule has 102 valence electrons. The van der Waals surface area contributed by atoms with Gasteiger partial charge in [-0.15, -0.1) is 33.7 Å². The van der Waals surface area contributed by atoms with Crippen LogP contribution in [0, 0.1) is 0 Å². The lowest BCUT2D eigenvalue weighted by atomic mass is 10.3. The zero-order chi connectivity index (χ0) is 13.8. The van der Waals surface area contributed by atoms with Crippen LogP contribution in [0.1, 0.15) is 13.8 Å². The number of esters is 1. The zero-order valence-corrected chi connectivity index (χ0v) is 12.7. The van der Waals surface area contributed by atoms with Crippen LogP contribution in [0.3, 0.4) is 0 Å². The normalized spacial score (nSPS) is 13.9. The number of carbonyl (C=O) groups is 2. The molecule has 0 aromatic carbocycles. The van der Waals surface area contributed by atoms with Gasteiger partial charge in [0.25, 0.3) is 5.91 Å². The Morgan fingerprint density at radius 1 is 1.42 bits per heavy atom. The van der Waals surface area contributed by atoms with Crippen molar-refractivity contribution in [3.05, 3.63) is 15.3 Å². The molecule has 0 saturated carbocycles. The largest absolute Gasteiger partial charge is 0.459 e. The van der Waals surface area contributed by atoms with Crippen LogP contribution in [0.25, 0.3) is 0 Å². The van der Waals surface area contributed by atoms with E-state index in [4.69, 9.17) is 4.74 Å². The summed E-state index contributed by atoms with van der Waals surface area (Å²) in [5.74, 6) is -1.11. The van der Waals surface area contributed by atoms with Crippen molar-refractivity contribution in [2.45, 2.75) is 20.0 Å². The maximum atomic E-state index is 12.1. The van der Waals surface area contributed by atoms with Gasteiger partial charge < -0.3 is 4.74 Å². The van der Waals surface area contributed by atoms with E-state index in [-0.39, 0.29) is 11.7 Å². The van der Waals surface area contributed by atoms with E-state index >= 15 is 0 Å². The lowest BCUT2D eigenvalue weighted by molar-refractivity contribution is -0.143. The molecule has 0 unspecified atom stereocenters. The van der Waals surface area contributed by atoms with E-state index in [0.717, 1.165) is 5.08 Å². The predicted octanol–water partition coefficient (Wildman–Crippen LogP) is 2.08. The Morgan fingerprint density at radius 2 is 2.16 bits per heavy atom. The maximum absolute atomic E-state index is 12.1. The monoisotopic (exact) mass is 317 g/mol. The van der Waals surface area contributed by atoms with Gasteiger partial charge in [0.05, 0.1) is 10.3 Å². The van der Waals surface area contributed by atoms with Gasteiger partial charge in [-0.25, -0.2) is 4.79 Å². The molecule has 6 nitrogen and oxygen atoms in total. The van der Waals surface area contributed by atoms with E-state index in [1.807, 2.05) is 0 Å². The number of carbonyl (C=O) groups excluding carboxylic acids is 2. The average molecular weight is 317 g/mol. The SMILES string of the molecule is CC(C)OC(=O)C(C(=O)Nc1nncs1)=C1SCS1. The number of thioether (sulfide) groups is 2. The molecule has 0 spiro atoms. The number of amides is 1. The first-order valence-corrected chi connectivity index (χ1v) is 8.21. The quantitative estimate of drug-likeness (QED) is 0.394. The smallest absolute Gasteiger partial charge is 0.345 e. The second-order valence-electron chi connectivity index (χ2n) is 3.72. The zero-order valence-electron chi connectivity index (χ0n) is 10.2. The minimum absolute atomic E-state index is 0.0464. The van der Waals surface area contributed by atoms with Crippen LogP contribution in [0.15, 0.2) is 15.3 Å². The molecule has 2 heterocycles.